The summed E-state index contributed by atoms with van der Waals surface area (Å²) in [5, 5.41) is 3.85. The fourth-order valence-corrected chi connectivity index (χ4v) is 3.93. The van der Waals surface area contributed by atoms with Crippen molar-refractivity contribution in [2.45, 2.75) is 12.8 Å². The van der Waals surface area contributed by atoms with Crippen LogP contribution in [-0.2, 0) is 4.79 Å². The summed E-state index contributed by atoms with van der Waals surface area (Å²) in [6.45, 7) is 1.59. The van der Waals surface area contributed by atoms with Crippen LogP contribution in [0.1, 0.15) is 18.4 Å². The van der Waals surface area contributed by atoms with Gasteiger partial charge in [0, 0.05) is 17.6 Å². The molecule has 1 fully saturated rings. The van der Waals surface area contributed by atoms with E-state index in [1.165, 1.54) is 12.3 Å². The zero-order valence-electron chi connectivity index (χ0n) is 14.4. The van der Waals surface area contributed by atoms with Gasteiger partial charge in [0.05, 0.1) is 16.4 Å². The second-order valence-electron chi connectivity index (χ2n) is 6.06. The zero-order valence-corrected chi connectivity index (χ0v) is 17.6. The van der Waals surface area contributed by atoms with Crippen molar-refractivity contribution in [2.75, 3.05) is 24.6 Å². The number of rotatable bonds is 6. The quantitative estimate of drug-likeness (QED) is 0.472. The van der Waals surface area contributed by atoms with Crippen LogP contribution in [0, 0.1) is 5.82 Å². The van der Waals surface area contributed by atoms with Gasteiger partial charge in [0.25, 0.3) is 5.91 Å². The van der Waals surface area contributed by atoms with E-state index in [9.17, 15) is 9.18 Å². The Morgan fingerprint density at radius 1 is 1.22 bits per heavy atom. The van der Waals surface area contributed by atoms with E-state index in [2.05, 4.69) is 42.4 Å². The van der Waals surface area contributed by atoms with Crippen LogP contribution in [0.4, 0.5) is 10.1 Å². The number of carbonyl (C=O) groups excluding carboxylic acids is 1. The molecule has 1 aliphatic heterocycles. The van der Waals surface area contributed by atoms with E-state index in [-0.39, 0.29) is 12.4 Å². The first-order valence-electron chi connectivity index (χ1n) is 8.47. The summed E-state index contributed by atoms with van der Waals surface area (Å²) < 4.78 is 21.3. The molecule has 0 spiro atoms. The summed E-state index contributed by atoms with van der Waals surface area (Å²) in [5.74, 6) is -0.136. The number of nitrogens with zero attached hydrogens (tertiary/aromatic N) is 2. The van der Waals surface area contributed by atoms with Crippen molar-refractivity contribution < 1.29 is 13.9 Å². The fraction of sp³-hybridized carbons (Fsp3) is 0.263. The van der Waals surface area contributed by atoms with Crippen molar-refractivity contribution in [3.63, 3.8) is 0 Å². The normalized spacial score (nSPS) is 14.0. The maximum atomic E-state index is 14.2. The molecule has 0 atom stereocenters. The minimum absolute atomic E-state index is 0.181. The first kappa shape index (κ1) is 19.8. The lowest BCUT2D eigenvalue weighted by Crippen LogP contribution is -2.24. The molecule has 1 aliphatic rings. The highest BCUT2D eigenvalue weighted by Gasteiger charge is 2.15. The molecule has 1 saturated heterocycles. The molecule has 2 aromatic rings. The standard InChI is InChI=1S/C19H18Br2FN3O2/c20-14-4-6-18(15(21)10-14)27-12-19(26)24-23-11-13-3-5-17(16(22)9-13)25-7-1-2-8-25/h3-6,9-11H,1-2,7-8,12H2,(H,24,26)/b23-11+. The number of benzene rings is 2. The number of carbonyl (C=O) groups is 1. The predicted molar refractivity (Wildman–Crippen MR) is 111 cm³/mol. The van der Waals surface area contributed by atoms with E-state index in [0.29, 0.717) is 17.0 Å². The third kappa shape index (κ3) is 5.52. The lowest BCUT2D eigenvalue weighted by Gasteiger charge is -2.18. The molecule has 5 nitrogen and oxygen atoms in total. The molecule has 0 saturated carbocycles. The minimum atomic E-state index is -0.407. The monoisotopic (exact) mass is 497 g/mol. The molecular formula is C19H18Br2FN3O2. The molecule has 3 rings (SSSR count). The number of hydrogen-bond donors (Lipinski definition) is 1. The molecule has 27 heavy (non-hydrogen) atoms. The third-order valence-corrected chi connectivity index (χ3v) is 5.19. The molecular weight excluding hydrogens is 481 g/mol. The number of halogens is 3. The first-order valence-corrected chi connectivity index (χ1v) is 10.1. The van der Waals surface area contributed by atoms with Gasteiger partial charge in [0.2, 0.25) is 0 Å². The van der Waals surface area contributed by atoms with Crippen LogP contribution in [0.15, 0.2) is 50.4 Å². The molecule has 1 N–H and O–H groups in total. The Balaban J connectivity index is 1.50. The van der Waals surface area contributed by atoms with Gasteiger partial charge in [-0.1, -0.05) is 22.0 Å². The summed E-state index contributed by atoms with van der Waals surface area (Å²) in [7, 11) is 0. The van der Waals surface area contributed by atoms with E-state index in [1.54, 1.807) is 18.2 Å². The second kappa shape index (κ2) is 9.32. The summed E-state index contributed by atoms with van der Waals surface area (Å²) >= 11 is 6.71. The SMILES string of the molecule is O=C(COc1ccc(Br)cc1Br)N/N=C/c1ccc(N2CCCC2)c(F)c1. The van der Waals surface area contributed by atoms with Gasteiger partial charge in [-0.15, -0.1) is 0 Å². The molecule has 0 bridgehead atoms. The summed E-state index contributed by atoms with van der Waals surface area (Å²) in [6.07, 6.45) is 3.59. The van der Waals surface area contributed by atoms with Crippen LogP contribution in [0.25, 0.3) is 0 Å². The fourth-order valence-electron chi connectivity index (χ4n) is 2.76. The maximum Gasteiger partial charge on any atom is 0.277 e. The van der Waals surface area contributed by atoms with E-state index < -0.39 is 5.91 Å². The molecule has 8 heteroatoms. The Labute approximate surface area is 173 Å². The van der Waals surface area contributed by atoms with E-state index in [4.69, 9.17) is 4.74 Å². The van der Waals surface area contributed by atoms with E-state index in [1.807, 2.05) is 17.0 Å². The van der Waals surface area contributed by atoms with Gasteiger partial charge in [-0.25, -0.2) is 9.82 Å². The predicted octanol–water partition coefficient (Wildman–Crippen LogP) is 4.48. The average Bonchev–Trinajstić information content (AvgIpc) is 3.15. The molecule has 0 unspecified atom stereocenters. The minimum Gasteiger partial charge on any atom is -0.483 e. The van der Waals surface area contributed by atoms with Crippen LogP contribution in [-0.4, -0.2) is 31.8 Å². The van der Waals surface area contributed by atoms with E-state index >= 15 is 0 Å². The molecule has 0 radical (unpaired) electrons. The van der Waals surface area contributed by atoms with Gasteiger partial charge in [0.1, 0.15) is 11.6 Å². The molecule has 1 amide bonds. The topological polar surface area (TPSA) is 53.9 Å². The van der Waals surface area contributed by atoms with E-state index in [0.717, 1.165) is 34.9 Å². The number of hydrogen-bond acceptors (Lipinski definition) is 4. The third-order valence-electron chi connectivity index (χ3n) is 4.07. The van der Waals surface area contributed by atoms with Crippen LogP contribution in [0.2, 0.25) is 0 Å². The van der Waals surface area contributed by atoms with Crippen LogP contribution in [0.5, 0.6) is 5.75 Å². The van der Waals surface area contributed by atoms with Crippen LogP contribution in [0.3, 0.4) is 0 Å². The highest BCUT2D eigenvalue weighted by atomic mass is 79.9. The van der Waals surface area contributed by atoms with Crippen molar-refractivity contribution in [1.29, 1.82) is 0 Å². The average molecular weight is 499 g/mol. The largest absolute Gasteiger partial charge is 0.483 e. The smallest absolute Gasteiger partial charge is 0.277 e. The van der Waals surface area contributed by atoms with Gasteiger partial charge < -0.3 is 9.64 Å². The Morgan fingerprint density at radius 3 is 2.70 bits per heavy atom. The zero-order chi connectivity index (χ0) is 19.2. The van der Waals surface area contributed by atoms with Crippen molar-refractivity contribution in [2.24, 2.45) is 5.10 Å². The summed E-state index contributed by atoms with van der Waals surface area (Å²) in [6, 6.07) is 10.3. The highest BCUT2D eigenvalue weighted by molar-refractivity contribution is 9.11. The van der Waals surface area contributed by atoms with Gasteiger partial charge in [-0.2, -0.15) is 5.10 Å². The Kier molecular flexibility index (Phi) is 6.84. The number of amides is 1. The number of anilines is 1. The second-order valence-corrected chi connectivity index (χ2v) is 7.83. The molecule has 0 aliphatic carbocycles. The summed E-state index contributed by atoms with van der Waals surface area (Å²) in [4.78, 5) is 13.9. The molecule has 0 aromatic heterocycles. The molecule has 2 aromatic carbocycles. The van der Waals surface area contributed by atoms with Crippen LogP contribution < -0.4 is 15.1 Å². The molecule has 142 valence electrons. The van der Waals surface area contributed by atoms with Gasteiger partial charge >= 0.3 is 0 Å². The van der Waals surface area contributed by atoms with Crippen molar-refractivity contribution in [1.82, 2.24) is 5.43 Å². The van der Waals surface area contributed by atoms with Crippen molar-refractivity contribution in [3.05, 3.63) is 56.7 Å². The van der Waals surface area contributed by atoms with Gasteiger partial charge in [-0.3, -0.25) is 4.79 Å². The highest BCUT2D eigenvalue weighted by Crippen LogP contribution is 2.28. The number of ether oxygens (including phenoxy) is 1. The lowest BCUT2D eigenvalue weighted by atomic mass is 10.2. The van der Waals surface area contributed by atoms with Crippen molar-refractivity contribution in [3.8, 4) is 5.75 Å². The Hall–Kier alpha value is -1.93. The summed E-state index contributed by atoms with van der Waals surface area (Å²) in [5.41, 5.74) is 3.56. The Morgan fingerprint density at radius 2 is 2.00 bits per heavy atom. The first-order chi connectivity index (χ1) is 13.0. The maximum absolute atomic E-state index is 14.2. The van der Waals surface area contributed by atoms with Crippen LogP contribution >= 0.6 is 31.9 Å². The number of hydrazone groups is 1. The Bertz CT molecular complexity index is 855. The number of nitrogens with one attached hydrogen (secondary N) is 1. The van der Waals surface area contributed by atoms with Gasteiger partial charge in [-0.05, 0) is 64.7 Å². The van der Waals surface area contributed by atoms with Gasteiger partial charge in [0.15, 0.2) is 6.61 Å². The molecule has 1 heterocycles. The lowest BCUT2D eigenvalue weighted by molar-refractivity contribution is -0.123. The van der Waals surface area contributed by atoms with Crippen molar-refractivity contribution >= 4 is 49.7 Å².